The Morgan fingerprint density at radius 2 is 1.90 bits per heavy atom. The summed E-state index contributed by atoms with van der Waals surface area (Å²) >= 11 is 2.87. The lowest BCUT2D eigenvalue weighted by Gasteiger charge is -2.19. The van der Waals surface area contributed by atoms with Gasteiger partial charge in [-0.2, -0.15) is 13.2 Å². The number of benzene rings is 1. The van der Waals surface area contributed by atoms with Crippen molar-refractivity contribution in [3.05, 3.63) is 33.8 Å². The number of nitrogens with one attached hydrogen (secondary N) is 1. The maximum absolute atomic E-state index is 12.9. The van der Waals surface area contributed by atoms with E-state index in [0.717, 1.165) is 13.0 Å². The quantitative estimate of drug-likeness (QED) is 0.757. The minimum Gasteiger partial charge on any atom is -0.480 e. The van der Waals surface area contributed by atoms with Crippen LogP contribution in [0.1, 0.15) is 22.8 Å². The van der Waals surface area contributed by atoms with Crippen molar-refractivity contribution < 1.29 is 33.0 Å². The lowest BCUT2D eigenvalue weighted by atomic mass is 10.1. The number of carbonyl (C=O) groups is 2. The number of carbonyl (C=O) groups excluding carboxylic acids is 1. The summed E-state index contributed by atoms with van der Waals surface area (Å²) in [6, 6.07) is 1.15. The van der Waals surface area contributed by atoms with E-state index in [2.05, 4.69) is 15.9 Å². The largest absolute Gasteiger partial charge is 0.480 e. The maximum atomic E-state index is 12.9. The molecule has 2 unspecified atom stereocenters. The highest BCUT2D eigenvalue weighted by atomic mass is 79.9. The van der Waals surface area contributed by atoms with Crippen molar-refractivity contribution in [2.45, 2.75) is 25.2 Å². The zero-order valence-corrected chi connectivity index (χ0v) is 12.2. The third-order valence-electron chi connectivity index (χ3n) is 2.57. The Hall–Kier alpha value is -1.61. The van der Waals surface area contributed by atoms with E-state index in [4.69, 9.17) is 5.11 Å². The molecule has 21 heavy (non-hydrogen) atoms. The Morgan fingerprint density at radius 1 is 1.33 bits per heavy atom. The fourth-order valence-corrected chi connectivity index (χ4v) is 1.92. The van der Waals surface area contributed by atoms with Crippen LogP contribution in [0.2, 0.25) is 0 Å². The number of alkyl halides is 3. The smallest absolute Gasteiger partial charge is 0.417 e. The number of aliphatic hydroxyl groups excluding tert-OH is 1. The molecule has 2 atom stereocenters. The third-order valence-corrected chi connectivity index (χ3v) is 3.06. The van der Waals surface area contributed by atoms with Gasteiger partial charge >= 0.3 is 12.1 Å². The Labute approximate surface area is 125 Å². The van der Waals surface area contributed by atoms with E-state index in [0.29, 0.717) is 6.07 Å². The van der Waals surface area contributed by atoms with Gasteiger partial charge in [-0.05, 0) is 25.1 Å². The van der Waals surface area contributed by atoms with Crippen LogP contribution in [0.15, 0.2) is 22.7 Å². The Kier molecular flexibility index (Phi) is 5.35. The van der Waals surface area contributed by atoms with Crippen LogP contribution in [-0.4, -0.2) is 34.2 Å². The molecule has 0 aromatic heterocycles. The molecule has 1 aromatic carbocycles. The van der Waals surface area contributed by atoms with Gasteiger partial charge in [0.15, 0.2) is 6.04 Å². The second kappa shape index (κ2) is 6.44. The van der Waals surface area contributed by atoms with Crippen LogP contribution in [-0.2, 0) is 11.0 Å². The minimum atomic E-state index is -4.78. The number of amides is 1. The summed E-state index contributed by atoms with van der Waals surface area (Å²) < 4.78 is 38.8. The lowest BCUT2D eigenvalue weighted by Crippen LogP contribution is -2.48. The number of hydrogen-bond acceptors (Lipinski definition) is 3. The monoisotopic (exact) mass is 369 g/mol. The predicted molar refractivity (Wildman–Crippen MR) is 69.7 cm³/mol. The highest BCUT2D eigenvalue weighted by molar-refractivity contribution is 9.10. The van der Waals surface area contributed by atoms with Gasteiger partial charge < -0.3 is 15.5 Å². The number of carboxylic acid groups (broad SMARTS) is 1. The number of aliphatic carboxylic acids is 1. The summed E-state index contributed by atoms with van der Waals surface area (Å²) in [6.07, 6.45) is -6.24. The Balaban J connectivity index is 3.16. The first-order valence-corrected chi connectivity index (χ1v) is 6.42. The molecule has 0 saturated carbocycles. The fourth-order valence-electron chi connectivity index (χ4n) is 1.56. The highest BCUT2D eigenvalue weighted by Crippen LogP contribution is 2.33. The SMILES string of the molecule is CC(O)C(NC(=O)c1ccc(Br)cc1C(F)(F)F)C(=O)O. The number of aliphatic hydroxyl groups is 1. The van der Waals surface area contributed by atoms with Crippen LogP contribution < -0.4 is 5.32 Å². The van der Waals surface area contributed by atoms with Gasteiger partial charge in [0, 0.05) is 4.47 Å². The van der Waals surface area contributed by atoms with E-state index in [-0.39, 0.29) is 4.47 Å². The summed E-state index contributed by atoms with van der Waals surface area (Å²) in [5.74, 6) is -2.79. The molecule has 0 saturated heterocycles. The molecule has 5 nitrogen and oxygen atoms in total. The zero-order chi connectivity index (χ0) is 16.4. The summed E-state index contributed by atoms with van der Waals surface area (Å²) in [4.78, 5) is 22.7. The van der Waals surface area contributed by atoms with E-state index in [1.54, 1.807) is 0 Å². The molecule has 3 N–H and O–H groups in total. The van der Waals surface area contributed by atoms with Crippen molar-refractivity contribution in [1.29, 1.82) is 0 Å². The molecule has 1 rings (SSSR count). The van der Waals surface area contributed by atoms with Crippen molar-refractivity contribution in [2.75, 3.05) is 0 Å². The van der Waals surface area contributed by atoms with E-state index in [9.17, 15) is 27.9 Å². The van der Waals surface area contributed by atoms with Gasteiger partial charge in [0.1, 0.15) is 0 Å². The Morgan fingerprint density at radius 3 is 2.33 bits per heavy atom. The van der Waals surface area contributed by atoms with Crippen LogP contribution in [0.5, 0.6) is 0 Å². The molecule has 0 bridgehead atoms. The van der Waals surface area contributed by atoms with Gasteiger partial charge in [-0.25, -0.2) is 4.79 Å². The maximum Gasteiger partial charge on any atom is 0.417 e. The molecule has 0 heterocycles. The van der Waals surface area contributed by atoms with E-state index >= 15 is 0 Å². The van der Waals surface area contributed by atoms with Crippen molar-refractivity contribution >= 4 is 27.8 Å². The second-order valence-electron chi connectivity index (χ2n) is 4.22. The van der Waals surface area contributed by atoms with Gasteiger partial charge in [-0.3, -0.25) is 4.79 Å². The molecule has 1 aromatic rings. The van der Waals surface area contributed by atoms with E-state index in [1.807, 2.05) is 5.32 Å². The molecule has 1 amide bonds. The third kappa shape index (κ3) is 4.43. The topological polar surface area (TPSA) is 86.6 Å². The summed E-state index contributed by atoms with van der Waals surface area (Å²) in [5.41, 5.74) is -1.93. The molecule has 0 aliphatic rings. The van der Waals surface area contributed by atoms with Crippen LogP contribution in [0.3, 0.4) is 0 Å². The molecule has 0 aliphatic heterocycles. The molecule has 0 fully saturated rings. The van der Waals surface area contributed by atoms with E-state index in [1.165, 1.54) is 6.07 Å². The van der Waals surface area contributed by atoms with Crippen molar-refractivity contribution in [3.8, 4) is 0 Å². The van der Waals surface area contributed by atoms with Gasteiger partial charge in [-0.15, -0.1) is 0 Å². The lowest BCUT2D eigenvalue weighted by molar-refractivity contribution is -0.141. The average molecular weight is 370 g/mol. The molecular weight excluding hydrogens is 359 g/mol. The average Bonchev–Trinajstić information content (AvgIpc) is 2.33. The normalized spacial score (nSPS) is 14.4. The van der Waals surface area contributed by atoms with Crippen molar-refractivity contribution in [1.82, 2.24) is 5.32 Å². The first-order valence-electron chi connectivity index (χ1n) is 5.62. The molecular formula is C12H11BrF3NO4. The molecule has 116 valence electrons. The van der Waals surface area contributed by atoms with Crippen molar-refractivity contribution in [3.63, 3.8) is 0 Å². The fraction of sp³-hybridized carbons (Fsp3) is 0.333. The summed E-state index contributed by atoms with van der Waals surface area (Å²) in [5, 5.41) is 19.9. The standard InChI is InChI=1S/C12H11BrF3NO4/c1-5(18)9(11(20)21)17-10(19)7-3-2-6(13)4-8(7)12(14,15)16/h2-5,9,18H,1H3,(H,17,19)(H,20,21). The first-order chi connectivity index (χ1) is 9.54. The summed E-state index contributed by atoms with van der Waals surface area (Å²) in [7, 11) is 0. The molecule has 0 aliphatic carbocycles. The second-order valence-corrected chi connectivity index (χ2v) is 5.13. The van der Waals surface area contributed by atoms with Gasteiger partial charge in [0.25, 0.3) is 5.91 Å². The van der Waals surface area contributed by atoms with Crippen LogP contribution >= 0.6 is 15.9 Å². The number of rotatable bonds is 4. The Bertz CT molecular complexity index is 560. The highest BCUT2D eigenvalue weighted by Gasteiger charge is 2.36. The first kappa shape index (κ1) is 17.4. The van der Waals surface area contributed by atoms with Gasteiger partial charge in [0.2, 0.25) is 0 Å². The predicted octanol–water partition coefficient (Wildman–Crippen LogP) is 2.03. The van der Waals surface area contributed by atoms with E-state index < -0.39 is 41.3 Å². The number of carboxylic acids is 1. The molecule has 0 radical (unpaired) electrons. The number of halogens is 4. The summed E-state index contributed by atoms with van der Waals surface area (Å²) in [6.45, 7) is 1.10. The zero-order valence-electron chi connectivity index (χ0n) is 10.6. The molecule has 9 heteroatoms. The van der Waals surface area contributed by atoms with Crippen molar-refractivity contribution in [2.24, 2.45) is 0 Å². The minimum absolute atomic E-state index is 0.122. The molecule has 0 spiro atoms. The van der Waals surface area contributed by atoms with Crippen LogP contribution in [0.4, 0.5) is 13.2 Å². The van der Waals surface area contributed by atoms with Crippen LogP contribution in [0.25, 0.3) is 0 Å². The van der Waals surface area contributed by atoms with Gasteiger partial charge in [-0.1, -0.05) is 15.9 Å². The van der Waals surface area contributed by atoms with Crippen LogP contribution in [0, 0.1) is 0 Å². The van der Waals surface area contributed by atoms with Gasteiger partial charge in [0.05, 0.1) is 17.2 Å². The number of hydrogen-bond donors (Lipinski definition) is 3.